The summed E-state index contributed by atoms with van der Waals surface area (Å²) in [5, 5.41) is 9.63. The third-order valence-electron chi connectivity index (χ3n) is 5.05. The van der Waals surface area contributed by atoms with Crippen LogP contribution in [-0.2, 0) is 23.1 Å². The Kier molecular flexibility index (Phi) is 5.86. The van der Waals surface area contributed by atoms with E-state index in [1.54, 1.807) is 25.8 Å². The highest BCUT2D eigenvalue weighted by molar-refractivity contribution is 6.07. The topological polar surface area (TPSA) is 106 Å². The van der Waals surface area contributed by atoms with E-state index in [4.69, 9.17) is 4.74 Å². The molecule has 1 aromatic carbocycles. The molecule has 0 spiro atoms. The van der Waals surface area contributed by atoms with E-state index in [0.717, 1.165) is 21.9 Å². The number of imide groups is 1. The fourth-order valence-corrected chi connectivity index (χ4v) is 3.29. The van der Waals surface area contributed by atoms with E-state index in [1.807, 2.05) is 31.2 Å². The van der Waals surface area contributed by atoms with Gasteiger partial charge in [-0.05, 0) is 38.0 Å². The number of amides is 4. The Bertz CT molecular complexity index is 935. The molecule has 1 aliphatic heterocycles. The predicted octanol–water partition coefficient (Wildman–Crippen LogP) is 1.54. The first-order valence-corrected chi connectivity index (χ1v) is 9.35. The summed E-state index contributed by atoms with van der Waals surface area (Å²) in [6.45, 7) is 3.89. The van der Waals surface area contributed by atoms with Crippen molar-refractivity contribution < 1.29 is 19.1 Å². The molecule has 9 nitrogen and oxygen atoms in total. The number of anilines is 1. The molecular weight excluding hydrogens is 374 g/mol. The number of benzene rings is 1. The van der Waals surface area contributed by atoms with Gasteiger partial charge in [0.25, 0.3) is 5.91 Å². The van der Waals surface area contributed by atoms with Crippen LogP contribution in [0.1, 0.15) is 23.4 Å². The highest BCUT2D eigenvalue weighted by Crippen LogP contribution is 2.19. The van der Waals surface area contributed by atoms with E-state index in [-0.39, 0.29) is 18.9 Å². The smallest absolute Gasteiger partial charge is 0.324 e. The molecule has 1 aromatic heterocycles. The van der Waals surface area contributed by atoms with Crippen molar-refractivity contribution in [3.63, 3.8) is 0 Å². The van der Waals surface area contributed by atoms with Crippen molar-refractivity contribution in [2.75, 3.05) is 19.0 Å². The first-order valence-electron chi connectivity index (χ1n) is 9.35. The van der Waals surface area contributed by atoms with Crippen molar-refractivity contribution in [1.82, 2.24) is 20.0 Å². The van der Waals surface area contributed by atoms with Gasteiger partial charge in [0, 0.05) is 13.6 Å². The Labute approximate surface area is 169 Å². The molecule has 1 aliphatic rings. The van der Waals surface area contributed by atoms with Gasteiger partial charge in [0.15, 0.2) is 0 Å². The molecule has 3 rings (SSSR count). The maximum atomic E-state index is 12.6. The van der Waals surface area contributed by atoms with E-state index in [9.17, 15) is 14.4 Å². The van der Waals surface area contributed by atoms with Crippen LogP contribution >= 0.6 is 0 Å². The SMILES string of the molecule is COc1ccc(CCN2C(=O)N[C@@H](CC(=O)Nc3c(C)nn(C)c3C)C2=O)cc1. The average molecular weight is 399 g/mol. The van der Waals surface area contributed by atoms with Crippen LogP contribution in [0.3, 0.4) is 0 Å². The molecule has 0 saturated carbocycles. The molecule has 1 atom stereocenters. The predicted molar refractivity (Wildman–Crippen MR) is 107 cm³/mol. The number of carbonyl (C=O) groups excluding carboxylic acids is 3. The van der Waals surface area contributed by atoms with Crippen molar-refractivity contribution in [3.05, 3.63) is 41.2 Å². The minimum atomic E-state index is -0.865. The van der Waals surface area contributed by atoms with Gasteiger partial charge in [0.05, 0.1) is 30.6 Å². The Balaban J connectivity index is 1.57. The van der Waals surface area contributed by atoms with Gasteiger partial charge in [0.2, 0.25) is 5.91 Å². The summed E-state index contributed by atoms with van der Waals surface area (Å²) in [5.74, 6) is 0.00653. The van der Waals surface area contributed by atoms with Gasteiger partial charge in [-0.25, -0.2) is 4.79 Å². The summed E-state index contributed by atoms with van der Waals surface area (Å²) in [5.41, 5.74) is 3.13. The molecule has 0 unspecified atom stereocenters. The molecule has 29 heavy (non-hydrogen) atoms. The summed E-state index contributed by atoms with van der Waals surface area (Å²) in [4.78, 5) is 38.3. The molecule has 2 N–H and O–H groups in total. The van der Waals surface area contributed by atoms with Gasteiger partial charge in [-0.3, -0.25) is 19.2 Å². The zero-order valence-electron chi connectivity index (χ0n) is 17.0. The third kappa shape index (κ3) is 4.39. The van der Waals surface area contributed by atoms with Gasteiger partial charge in [-0.15, -0.1) is 0 Å². The summed E-state index contributed by atoms with van der Waals surface area (Å²) >= 11 is 0. The van der Waals surface area contributed by atoms with Crippen LogP contribution in [0.5, 0.6) is 5.75 Å². The number of rotatable bonds is 7. The van der Waals surface area contributed by atoms with Gasteiger partial charge < -0.3 is 15.4 Å². The lowest BCUT2D eigenvalue weighted by Gasteiger charge is -2.13. The lowest BCUT2D eigenvalue weighted by atomic mass is 10.1. The lowest BCUT2D eigenvalue weighted by Crippen LogP contribution is -2.35. The summed E-state index contributed by atoms with van der Waals surface area (Å²) in [7, 11) is 3.38. The minimum absolute atomic E-state index is 0.128. The van der Waals surface area contributed by atoms with Crippen LogP contribution in [-0.4, -0.2) is 52.2 Å². The maximum Gasteiger partial charge on any atom is 0.324 e. The van der Waals surface area contributed by atoms with Crippen molar-refractivity contribution >= 4 is 23.5 Å². The van der Waals surface area contributed by atoms with Gasteiger partial charge in [0.1, 0.15) is 11.8 Å². The lowest BCUT2D eigenvalue weighted by molar-refractivity contribution is -0.129. The van der Waals surface area contributed by atoms with Crippen molar-refractivity contribution in [2.24, 2.45) is 7.05 Å². The zero-order chi connectivity index (χ0) is 21.1. The molecule has 154 valence electrons. The van der Waals surface area contributed by atoms with E-state index >= 15 is 0 Å². The molecule has 2 aromatic rings. The number of aromatic nitrogens is 2. The molecule has 0 bridgehead atoms. The van der Waals surface area contributed by atoms with Crippen molar-refractivity contribution in [1.29, 1.82) is 0 Å². The number of aryl methyl sites for hydroxylation is 2. The number of hydrogen-bond donors (Lipinski definition) is 2. The summed E-state index contributed by atoms with van der Waals surface area (Å²) in [6.07, 6.45) is 0.396. The molecule has 1 fully saturated rings. The summed E-state index contributed by atoms with van der Waals surface area (Å²) in [6, 6.07) is 6.10. The van der Waals surface area contributed by atoms with E-state index in [2.05, 4.69) is 15.7 Å². The molecule has 0 radical (unpaired) electrons. The number of methoxy groups -OCH3 is 1. The first kappa shape index (κ1) is 20.4. The van der Waals surface area contributed by atoms with E-state index in [0.29, 0.717) is 17.8 Å². The number of urea groups is 1. The number of nitrogens with zero attached hydrogens (tertiary/aromatic N) is 3. The average Bonchev–Trinajstić information content (AvgIpc) is 3.09. The number of nitrogens with one attached hydrogen (secondary N) is 2. The van der Waals surface area contributed by atoms with Crippen LogP contribution in [0.25, 0.3) is 0 Å². The molecular formula is C20H25N5O4. The van der Waals surface area contributed by atoms with Crippen molar-refractivity contribution in [2.45, 2.75) is 32.7 Å². The van der Waals surface area contributed by atoms with Crippen LogP contribution in [0.2, 0.25) is 0 Å². The van der Waals surface area contributed by atoms with Crippen LogP contribution < -0.4 is 15.4 Å². The largest absolute Gasteiger partial charge is 0.497 e. The second-order valence-corrected chi connectivity index (χ2v) is 7.01. The Morgan fingerprint density at radius 3 is 2.52 bits per heavy atom. The molecule has 2 heterocycles. The molecule has 0 aliphatic carbocycles. The number of hydrogen-bond acceptors (Lipinski definition) is 5. The Hall–Kier alpha value is -3.36. The second kappa shape index (κ2) is 8.34. The van der Waals surface area contributed by atoms with Crippen LogP contribution in [0, 0.1) is 13.8 Å². The zero-order valence-corrected chi connectivity index (χ0v) is 17.0. The quantitative estimate of drug-likeness (QED) is 0.687. The second-order valence-electron chi connectivity index (χ2n) is 7.01. The van der Waals surface area contributed by atoms with Gasteiger partial charge >= 0.3 is 6.03 Å². The highest BCUT2D eigenvalue weighted by Gasteiger charge is 2.38. The van der Waals surface area contributed by atoms with E-state index in [1.165, 1.54) is 0 Å². The van der Waals surface area contributed by atoms with Crippen LogP contribution in [0.15, 0.2) is 24.3 Å². The van der Waals surface area contributed by atoms with Crippen molar-refractivity contribution in [3.8, 4) is 5.75 Å². The van der Waals surface area contributed by atoms with Crippen LogP contribution in [0.4, 0.5) is 10.5 Å². The molecule has 4 amide bonds. The highest BCUT2D eigenvalue weighted by atomic mass is 16.5. The Morgan fingerprint density at radius 2 is 1.93 bits per heavy atom. The normalized spacial score (nSPS) is 16.1. The number of ether oxygens (including phenoxy) is 1. The standard InChI is InChI=1S/C20H25N5O4/c1-12-18(13(2)24(3)23-12)22-17(26)11-16-19(27)25(20(28)21-16)10-9-14-5-7-15(29-4)8-6-14/h5-8,16H,9-11H2,1-4H3,(H,21,28)(H,22,26)/t16-/m0/s1. The fourth-order valence-electron chi connectivity index (χ4n) is 3.29. The molecule has 1 saturated heterocycles. The molecule has 9 heteroatoms. The maximum absolute atomic E-state index is 12.6. The monoisotopic (exact) mass is 399 g/mol. The first-order chi connectivity index (χ1) is 13.8. The van der Waals surface area contributed by atoms with Gasteiger partial charge in [-0.1, -0.05) is 12.1 Å². The fraction of sp³-hybridized carbons (Fsp3) is 0.400. The van der Waals surface area contributed by atoms with Gasteiger partial charge in [-0.2, -0.15) is 5.10 Å². The number of carbonyl (C=O) groups is 3. The third-order valence-corrected chi connectivity index (χ3v) is 5.05. The summed E-state index contributed by atoms with van der Waals surface area (Å²) < 4.78 is 6.79. The Morgan fingerprint density at radius 1 is 1.24 bits per heavy atom. The van der Waals surface area contributed by atoms with E-state index < -0.39 is 18.0 Å². The minimum Gasteiger partial charge on any atom is -0.497 e.